The van der Waals surface area contributed by atoms with Gasteiger partial charge in [-0.05, 0) is 63.5 Å². The molecule has 4 rings (SSSR count). The van der Waals surface area contributed by atoms with Gasteiger partial charge in [0.15, 0.2) is 0 Å². The zero-order chi connectivity index (χ0) is 19.5. The highest BCUT2D eigenvalue weighted by molar-refractivity contribution is 9.10. The number of anilines is 1. The van der Waals surface area contributed by atoms with Gasteiger partial charge in [-0.1, -0.05) is 54.6 Å². The molecule has 0 bridgehead atoms. The number of carbonyl (C=O) groups is 1. The molecule has 0 N–H and O–H groups in total. The topological polar surface area (TPSA) is 29.5 Å². The molecular weight excluding hydrogens is 414 g/mol. The van der Waals surface area contributed by atoms with Crippen molar-refractivity contribution in [2.24, 2.45) is 0 Å². The van der Waals surface area contributed by atoms with E-state index in [1.807, 2.05) is 91.0 Å². The van der Waals surface area contributed by atoms with Crippen molar-refractivity contribution in [3.63, 3.8) is 0 Å². The first-order chi connectivity index (χ1) is 13.7. The third kappa shape index (κ3) is 3.51. The normalized spacial score (nSPS) is 15.1. The molecule has 3 aromatic rings. The van der Waals surface area contributed by atoms with Crippen molar-refractivity contribution >= 4 is 39.3 Å². The Kier molecular flexibility index (Phi) is 5.13. The van der Waals surface area contributed by atoms with E-state index < -0.39 is 0 Å². The van der Waals surface area contributed by atoms with Crippen molar-refractivity contribution in [1.82, 2.24) is 0 Å². The maximum atomic E-state index is 13.3. The minimum absolute atomic E-state index is 0.0541. The molecule has 0 unspecified atom stereocenters. The number of nitrogens with zero attached hydrogens (tertiary/aromatic N) is 1. The van der Waals surface area contributed by atoms with Crippen molar-refractivity contribution in [2.45, 2.75) is 0 Å². The third-order valence-corrected chi connectivity index (χ3v) is 5.25. The fraction of sp³-hybridized carbons (Fsp3) is 0.0417. The predicted octanol–water partition coefficient (Wildman–Crippen LogP) is 5.93. The lowest BCUT2D eigenvalue weighted by molar-refractivity contribution is -0.113. The highest BCUT2D eigenvalue weighted by Crippen LogP contribution is 2.38. The number of carbonyl (C=O) groups excluding carboxylic acids is 1. The number of halogens is 1. The molecule has 3 nitrogen and oxygen atoms in total. The molecule has 28 heavy (non-hydrogen) atoms. The van der Waals surface area contributed by atoms with E-state index in [0.29, 0.717) is 5.57 Å². The SMILES string of the molecule is COc1ccc(C=C2C=C(c3ccccc3)N(c3ccccc3Br)C2=O)cc1. The van der Waals surface area contributed by atoms with E-state index in [-0.39, 0.29) is 5.91 Å². The van der Waals surface area contributed by atoms with Crippen LogP contribution < -0.4 is 9.64 Å². The molecule has 4 heteroatoms. The number of benzene rings is 3. The summed E-state index contributed by atoms with van der Waals surface area (Å²) >= 11 is 3.58. The van der Waals surface area contributed by atoms with Gasteiger partial charge in [-0.25, -0.2) is 0 Å². The molecule has 1 aliphatic rings. The van der Waals surface area contributed by atoms with Crippen LogP contribution in [0.25, 0.3) is 11.8 Å². The van der Waals surface area contributed by atoms with Gasteiger partial charge in [-0.3, -0.25) is 9.69 Å². The average Bonchev–Trinajstić information content (AvgIpc) is 3.06. The lowest BCUT2D eigenvalue weighted by Crippen LogP contribution is -2.25. The average molecular weight is 432 g/mol. The molecule has 3 aromatic carbocycles. The lowest BCUT2D eigenvalue weighted by atomic mass is 10.1. The van der Waals surface area contributed by atoms with Gasteiger partial charge in [0.2, 0.25) is 0 Å². The number of hydrogen-bond acceptors (Lipinski definition) is 2. The Hall–Kier alpha value is -3.11. The lowest BCUT2D eigenvalue weighted by Gasteiger charge is -2.22. The van der Waals surface area contributed by atoms with Crippen molar-refractivity contribution < 1.29 is 9.53 Å². The molecule has 138 valence electrons. The molecule has 0 saturated heterocycles. The molecule has 0 saturated carbocycles. The van der Waals surface area contributed by atoms with E-state index in [9.17, 15) is 4.79 Å². The van der Waals surface area contributed by atoms with Crippen LogP contribution in [0.4, 0.5) is 5.69 Å². The van der Waals surface area contributed by atoms with Gasteiger partial charge in [0.1, 0.15) is 5.75 Å². The fourth-order valence-corrected chi connectivity index (χ4v) is 3.65. The first kappa shape index (κ1) is 18.3. The van der Waals surface area contributed by atoms with Gasteiger partial charge in [-0.15, -0.1) is 0 Å². The van der Waals surface area contributed by atoms with Crippen molar-refractivity contribution in [2.75, 3.05) is 12.0 Å². The van der Waals surface area contributed by atoms with Gasteiger partial charge in [0.25, 0.3) is 5.91 Å². The summed E-state index contributed by atoms with van der Waals surface area (Å²) in [5, 5.41) is 0. The maximum absolute atomic E-state index is 13.3. The quantitative estimate of drug-likeness (QED) is 0.479. The standard InChI is InChI=1S/C24H18BrNO2/c1-28-20-13-11-17(12-14-20)15-19-16-23(18-7-3-2-4-8-18)26(24(19)27)22-10-6-5-9-21(22)25/h2-16H,1H3. The Morgan fingerprint density at radius 2 is 1.57 bits per heavy atom. The van der Waals surface area contributed by atoms with Crippen molar-refractivity contribution in [1.29, 1.82) is 0 Å². The molecular formula is C24H18BrNO2. The molecule has 1 amide bonds. The molecule has 0 radical (unpaired) electrons. The summed E-state index contributed by atoms with van der Waals surface area (Å²) in [6, 6.07) is 25.4. The van der Waals surface area contributed by atoms with Gasteiger partial charge in [-0.2, -0.15) is 0 Å². The first-order valence-corrected chi connectivity index (χ1v) is 9.68. The van der Waals surface area contributed by atoms with Gasteiger partial charge in [0, 0.05) is 10.0 Å². The molecule has 0 atom stereocenters. The summed E-state index contributed by atoms with van der Waals surface area (Å²) < 4.78 is 6.08. The summed E-state index contributed by atoms with van der Waals surface area (Å²) in [4.78, 5) is 15.1. The molecule has 1 heterocycles. The highest BCUT2D eigenvalue weighted by Gasteiger charge is 2.31. The molecule has 0 aromatic heterocycles. The van der Waals surface area contributed by atoms with Gasteiger partial charge in [0.05, 0.1) is 18.5 Å². The van der Waals surface area contributed by atoms with Crippen LogP contribution in [-0.4, -0.2) is 13.0 Å². The van der Waals surface area contributed by atoms with E-state index in [1.54, 1.807) is 12.0 Å². The minimum atomic E-state index is -0.0541. The maximum Gasteiger partial charge on any atom is 0.262 e. The molecule has 0 fully saturated rings. The van der Waals surface area contributed by atoms with E-state index in [1.165, 1.54) is 0 Å². The Morgan fingerprint density at radius 1 is 0.893 bits per heavy atom. The monoisotopic (exact) mass is 431 g/mol. The Balaban J connectivity index is 1.81. The van der Waals surface area contributed by atoms with E-state index >= 15 is 0 Å². The van der Waals surface area contributed by atoms with Crippen LogP contribution in [-0.2, 0) is 4.79 Å². The predicted molar refractivity (Wildman–Crippen MR) is 117 cm³/mol. The van der Waals surface area contributed by atoms with E-state index in [4.69, 9.17) is 4.74 Å². The van der Waals surface area contributed by atoms with E-state index in [2.05, 4.69) is 15.9 Å². The second-order valence-electron chi connectivity index (χ2n) is 6.36. The second kappa shape index (κ2) is 7.87. The van der Waals surface area contributed by atoms with Crippen LogP contribution >= 0.6 is 15.9 Å². The largest absolute Gasteiger partial charge is 0.497 e. The van der Waals surface area contributed by atoms with Crippen LogP contribution in [0.3, 0.4) is 0 Å². The number of rotatable bonds is 4. The highest BCUT2D eigenvalue weighted by atomic mass is 79.9. The second-order valence-corrected chi connectivity index (χ2v) is 7.21. The van der Waals surface area contributed by atoms with E-state index in [0.717, 1.165) is 32.7 Å². The number of methoxy groups -OCH3 is 1. The number of hydrogen-bond donors (Lipinski definition) is 0. The molecule has 0 aliphatic carbocycles. The van der Waals surface area contributed by atoms with Gasteiger partial charge >= 0.3 is 0 Å². The minimum Gasteiger partial charge on any atom is -0.497 e. The van der Waals surface area contributed by atoms with Crippen molar-refractivity contribution in [3.05, 3.63) is 106 Å². The zero-order valence-electron chi connectivity index (χ0n) is 15.3. The number of amides is 1. The number of para-hydroxylation sites is 1. The Bertz CT molecular complexity index is 1070. The van der Waals surface area contributed by atoms with Crippen LogP contribution in [0.2, 0.25) is 0 Å². The number of ether oxygens (including phenoxy) is 1. The van der Waals surface area contributed by atoms with Crippen molar-refractivity contribution in [3.8, 4) is 5.75 Å². The first-order valence-electron chi connectivity index (χ1n) is 8.89. The Labute approximate surface area is 172 Å². The summed E-state index contributed by atoms with van der Waals surface area (Å²) in [6.45, 7) is 0. The summed E-state index contributed by atoms with van der Waals surface area (Å²) in [5.74, 6) is 0.733. The summed E-state index contributed by atoms with van der Waals surface area (Å²) in [6.07, 6.45) is 3.85. The van der Waals surface area contributed by atoms with Crippen LogP contribution in [0, 0.1) is 0 Å². The fourth-order valence-electron chi connectivity index (χ4n) is 3.19. The third-order valence-electron chi connectivity index (χ3n) is 4.58. The zero-order valence-corrected chi connectivity index (χ0v) is 16.9. The molecule has 1 aliphatic heterocycles. The van der Waals surface area contributed by atoms with Crippen LogP contribution in [0.5, 0.6) is 5.75 Å². The summed E-state index contributed by atoms with van der Waals surface area (Å²) in [5.41, 5.74) is 4.25. The van der Waals surface area contributed by atoms with Crippen LogP contribution in [0.1, 0.15) is 11.1 Å². The van der Waals surface area contributed by atoms with Crippen LogP contribution in [0.15, 0.2) is 95.0 Å². The smallest absolute Gasteiger partial charge is 0.262 e. The Morgan fingerprint density at radius 3 is 2.25 bits per heavy atom. The van der Waals surface area contributed by atoms with Gasteiger partial charge < -0.3 is 4.74 Å². The summed E-state index contributed by atoms with van der Waals surface area (Å²) in [7, 11) is 1.64. The molecule has 0 spiro atoms.